The van der Waals surface area contributed by atoms with Gasteiger partial charge in [-0.3, -0.25) is 0 Å². The molecular weight excluding hydrogens is 278 g/mol. The van der Waals surface area contributed by atoms with Gasteiger partial charge in [0.2, 0.25) is 5.79 Å². The second kappa shape index (κ2) is 6.80. The summed E-state index contributed by atoms with van der Waals surface area (Å²) in [6.07, 6.45) is -3.92. The van der Waals surface area contributed by atoms with E-state index in [9.17, 15) is 25.5 Å². The third-order valence-corrected chi connectivity index (χ3v) is 3.61. The fraction of sp³-hybridized carbons (Fsp3) is 0.571. The van der Waals surface area contributed by atoms with E-state index in [0.29, 0.717) is 6.42 Å². The average Bonchev–Trinajstić information content (AvgIpc) is 2.73. The zero-order chi connectivity index (χ0) is 15.5. The van der Waals surface area contributed by atoms with Crippen molar-refractivity contribution in [3.8, 4) is 0 Å². The van der Waals surface area contributed by atoms with Crippen LogP contribution in [0.5, 0.6) is 0 Å². The molecule has 7 nitrogen and oxygen atoms in total. The minimum Gasteiger partial charge on any atom is -0.388 e. The number of aliphatic hydroxyl groups is 5. The number of ether oxygens (including phenoxy) is 1. The molecule has 1 fully saturated rings. The Hall–Kier alpha value is -1.06. The first-order valence-electron chi connectivity index (χ1n) is 6.78. The van der Waals surface area contributed by atoms with Gasteiger partial charge < -0.3 is 35.6 Å². The van der Waals surface area contributed by atoms with E-state index in [2.05, 4.69) is 5.32 Å². The molecule has 0 radical (unpaired) electrons. The van der Waals surface area contributed by atoms with Gasteiger partial charge in [0.05, 0.1) is 19.2 Å². The third-order valence-electron chi connectivity index (χ3n) is 3.61. The predicted molar refractivity (Wildman–Crippen MR) is 73.1 cm³/mol. The summed E-state index contributed by atoms with van der Waals surface area (Å²) >= 11 is 0. The summed E-state index contributed by atoms with van der Waals surface area (Å²) in [5, 5.41) is 50.7. The predicted octanol–water partition coefficient (Wildman–Crippen LogP) is -2.06. The van der Waals surface area contributed by atoms with Crippen molar-refractivity contribution < 1.29 is 30.3 Å². The molecule has 0 saturated carbocycles. The molecule has 1 aromatic rings. The van der Waals surface area contributed by atoms with Crippen LogP contribution in [0.2, 0.25) is 0 Å². The van der Waals surface area contributed by atoms with Gasteiger partial charge in [0.1, 0.15) is 12.2 Å². The lowest BCUT2D eigenvalue weighted by Crippen LogP contribution is -2.54. The van der Waals surface area contributed by atoms with Gasteiger partial charge in [0, 0.05) is 0 Å². The molecule has 0 amide bonds. The summed E-state index contributed by atoms with van der Waals surface area (Å²) < 4.78 is 4.98. The molecular formula is C14H21NO6. The van der Waals surface area contributed by atoms with Crippen molar-refractivity contribution in [2.45, 2.75) is 36.7 Å². The van der Waals surface area contributed by atoms with Crippen LogP contribution in [0.15, 0.2) is 30.3 Å². The van der Waals surface area contributed by atoms with E-state index >= 15 is 0 Å². The van der Waals surface area contributed by atoms with Crippen LogP contribution in [0.4, 0.5) is 0 Å². The molecule has 118 valence electrons. The second-order valence-electron chi connectivity index (χ2n) is 5.26. The molecule has 0 aromatic heterocycles. The number of aliphatic hydroxyl groups excluding tert-OH is 3. The zero-order valence-corrected chi connectivity index (χ0v) is 11.5. The van der Waals surface area contributed by atoms with Gasteiger partial charge in [0.25, 0.3) is 0 Å². The Morgan fingerprint density at radius 2 is 1.90 bits per heavy atom. The monoisotopic (exact) mass is 299 g/mol. The van der Waals surface area contributed by atoms with E-state index in [-0.39, 0.29) is 13.2 Å². The highest BCUT2D eigenvalue weighted by Crippen LogP contribution is 2.23. The van der Waals surface area contributed by atoms with Gasteiger partial charge in [0.15, 0.2) is 6.29 Å². The lowest BCUT2D eigenvalue weighted by molar-refractivity contribution is -0.214. The lowest BCUT2D eigenvalue weighted by Gasteiger charge is -2.29. The first kappa shape index (κ1) is 16.3. The molecule has 6 N–H and O–H groups in total. The van der Waals surface area contributed by atoms with Crippen LogP contribution in [0.1, 0.15) is 5.56 Å². The number of hydrogen-bond donors (Lipinski definition) is 6. The van der Waals surface area contributed by atoms with Gasteiger partial charge in [-0.1, -0.05) is 30.3 Å². The van der Waals surface area contributed by atoms with E-state index in [1.54, 1.807) is 0 Å². The standard InChI is InChI=1S/C14H21NO6/c16-11-7-21-14(20,12(11)17)8-15-10(13(18)19)6-9-4-2-1-3-5-9/h1-5,10-13,15-20H,6-8H2/t10-,11?,12?,14?/m1/s1. The summed E-state index contributed by atoms with van der Waals surface area (Å²) in [7, 11) is 0. The summed E-state index contributed by atoms with van der Waals surface area (Å²) in [6.45, 7) is -0.412. The first-order valence-corrected chi connectivity index (χ1v) is 6.78. The second-order valence-corrected chi connectivity index (χ2v) is 5.26. The van der Waals surface area contributed by atoms with Crippen molar-refractivity contribution in [2.75, 3.05) is 13.2 Å². The zero-order valence-electron chi connectivity index (χ0n) is 11.5. The molecule has 1 aliphatic rings. The first-order chi connectivity index (χ1) is 9.92. The maximum Gasteiger partial charge on any atom is 0.207 e. The summed E-state index contributed by atoms with van der Waals surface area (Å²) in [5.74, 6) is -1.94. The summed E-state index contributed by atoms with van der Waals surface area (Å²) in [5.41, 5.74) is 0.892. The number of hydrogen-bond acceptors (Lipinski definition) is 7. The third kappa shape index (κ3) is 3.98. The van der Waals surface area contributed by atoms with Crippen LogP contribution in [0.25, 0.3) is 0 Å². The maximum absolute atomic E-state index is 10.1. The van der Waals surface area contributed by atoms with Gasteiger partial charge in [-0.05, 0) is 12.0 Å². The Bertz CT molecular complexity index is 442. The quantitative estimate of drug-likeness (QED) is 0.334. The van der Waals surface area contributed by atoms with Crippen LogP contribution in [0.3, 0.4) is 0 Å². The van der Waals surface area contributed by atoms with Crippen LogP contribution in [-0.4, -0.2) is 69.0 Å². The van der Waals surface area contributed by atoms with Crippen LogP contribution >= 0.6 is 0 Å². The Morgan fingerprint density at radius 1 is 1.24 bits per heavy atom. The van der Waals surface area contributed by atoms with Crippen molar-refractivity contribution in [2.24, 2.45) is 0 Å². The molecule has 0 aliphatic carbocycles. The van der Waals surface area contributed by atoms with Crippen molar-refractivity contribution in [1.82, 2.24) is 5.32 Å². The van der Waals surface area contributed by atoms with E-state index in [1.165, 1.54) is 0 Å². The summed E-state index contributed by atoms with van der Waals surface area (Å²) in [6, 6.07) is 8.47. The Kier molecular flexibility index (Phi) is 5.28. The molecule has 0 bridgehead atoms. The highest BCUT2D eigenvalue weighted by molar-refractivity contribution is 5.16. The van der Waals surface area contributed by atoms with E-state index < -0.39 is 30.3 Å². The fourth-order valence-electron chi connectivity index (χ4n) is 2.29. The highest BCUT2D eigenvalue weighted by atomic mass is 16.7. The Balaban J connectivity index is 1.95. The summed E-state index contributed by atoms with van der Waals surface area (Å²) in [4.78, 5) is 0. The minimum absolute atomic E-state index is 0.176. The molecule has 21 heavy (non-hydrogen) atoms. The van der Waals surface area contributed by atoms with Gasteiger partial charge in [-0.2, -0.15) is 0 Å². The van der Waals surface area contributed by atoms with Crippen molar-refractivity contribution in [1.29, 1.82) is 0 Å². The molecule has 1 aromatic carbocycles. The molecule has 0 spiro atoms. The smallest absolute Gasteiger partial charge is 0.207 e. The van der Waals surface area contributed by atoms with Crippen LogP contribution < -0.4 is 5.32 Å². The molecule has 1 aliphatic heterocycles. The number of nitrogens with one attached hydrogen (secondary N) is 1. The van der Waals surface area contributed by atoms with Crippen LogP contribution in [-0.2, 0) is 11.2 Å². The minimum atomic E-state index is -1.94. The molecule has 7 heteroatoms. The Labute approximate surface area is 122 Å². The molecule has 1 heterocycles. The van der Waals surface area contributed by atoms with Gasteiger partial charge in [-0.15, -0.1) is 0 Å². The lowest BCUT2D eigenvalue weighted by atomic mass is 10.0. The maximum atomic E-state index is 10.1. The molecule has 2 rings (SSSR count). The van der Waals surface area contributed by atoms with E-state index in [1.807, 2.05) is 30.3 Å². The Morgan fingerprint density at radius 3 is 2.43 bits per heavy atom. The molecule has 4 atom stereocenters. The normalized spacial score (nSPS) is 30.8. The number of rotatable bonds is 6. The van der Waals surface area contributed by atoms with Gasteiger partial charge in [-0.25, -0.2) is 0 Å². The average molecular weight is 299 g/mol. The fourth-order valence-corrected chi connectivity index (χ4v) is 2.29. The highest BCUT2D eigenvalue weighted by Gasteiger charge is 2.47. The van der Waals surface area contributed by atoms with Crippen molar-refractivity contribution in [3.63, 3.8) is 0 Å². The van der Waals surface area contributed by atoms with Crippen molar-refractivity contribution in [3.05, 3.63) is 35.9 Å². The van der Waals surface area contributed by atoms with Gasteiger partial charge >= 0.3 is 0 Å². The van der Waals surface area contributed by atoms with Crippen LogP contribution in [0, 0.1) is 0 Å². The van der Waals surface area contributed by atoms with E-state index in [4.69, 9.17) is 4.74 Å². The van der Waals surface area contributed by atoms with Crippen molar-refractivity contribution >= 4 is 0 Å². The molecule has 3 unspecified atom stereocenters. The molecule has 1 saturated heterocycles. The topological polar surface area (TPSA) is 122 Å². The SMILES string of the molecule is OC1COC(O)(CN[C@H](Cc2ccccc2)C(O)O)C1O. The van der Waals surface area contributed by atoms with E-state index in [0.717, 1.165) is 5.56 Å². The number of benzene rings is 1. The largest absolute Gasteiger partial charge is 0.388 e.